The number of thioether (sulfide) groups is 1. The summed E-state index contributed by atoms with van der Waals surface area (Å²) < 4.78 is 1.87. The number of nitrogens with zero attached hydrogens (tertiary/aromatic N) is 2. The van der Waals surface area contributed by atoms with Crippen molar-refractivity contribution in [3.63, 3.8) is 0 Å². The van der Waals surface area contributed by atoms with Crippen LogP contribution in [0, 0.1) is 0 Å². The van der Waals surface area contributed by atoms with Crippen LogP contribution in [0.25, 0.3) is 0 Å². The van der Waals surface area contributed by atoms with Crippen molar-refractivity contribution in [3.05, 3.63) is 21.6 Å². The maximum Gasteiger partial charge on any atom is 0.257 e. The van der Waals surface area contributed by atoms with Gasteiger partial charge in [0.15, 0.2) is 5.16 Å². The third-order valence-corrected chi connectivity index (χ3v) is 4.22. The second-order valence-electron chi connectivity index (χ2n) is 4.19. The average Bonchev–Trinajstić information content (AvgIpc) is 2.30. The van der Waals surface area contributed by atoms with Crippen LogP contribution in [-0.2, 0) is 19.4 Å². The molecule has 0 bridgehead atoms. The van der Waals surface area contributed by atoms with Gasteiger partial charge in [-0.25, -0.2) is 4.98 Å². The molecular formula is C11H14N2OS. The second-order valence-corrected chi connectivity index (χ2v) is 5.25. The Balaban J connectivity index is 2.20. The van der Waals surface area contributed by atoms with Gasteiger partial charge in [-0.2, -0.15) is 0 Å². The lowest BCUT2D eigenvalue weighted by Crippen LogP contribution is -2.31. The summed E-state index contributed by atoms with van der Waals surface area (Å²) in [7, 11) is 0. The fourth-order valence-electron chi connectivity index (χ4n) is 2.36. The van der Waals surface area contributed by atoms with Crippen molar-refractivity contribution < 1.29 is 0 Å². The molecule has 1 aromatic rings. The molecule has 0 unspecified atom stereocenters. The van der Waals surface area contributed by atoms with Crippen LogP contribution in [0.4, 0.5) is 0 Å². The predicted molar refractivity (Wildman–Crippen MR) is 60.5 cm³/mol. The normalized spacial score (nSPS) is 19.5. The van der Waals surface area contributed by atoms with Crippen molar-refractivity contribution in [1.29, 1.82) is 0 Å². The molecule has 1 aliphatic carbocycles. The molecule has 0 N–H and O–H groups in total. The number of aryl methyl sites for hydroxylation is 1. The van der Waals surface area contributed by atoms with Crippen LogP contribution in [-0.4, -0.2) is 15.3 Å². The molecular weight excluding hydrogens is 208 g/mol. The van der Waals surface area contributed by atoms with Crippen LogP contribution in [0.2, 0.25) is 0 Å². The standard InChI is InChI=1S/C11H14N2OS/c14-10-8-4-1-2-5-9(8)12-11-13(10)6-3-7-15-11/h1-7H2. The second kappa shape index (κ2) is 3.67. The fraction of sp³-hybridized carbons (Fsp3) is 0.636. The third-order valence-electron chi connectivity index (χ3n) is 3.16. The molecule has 0 saturated heterocycles. The summed E-state index contributed by atoms with van der Waals surface area (Å²) in [4.78, 5) is 16.8. The van der Waals surface area contributed by atoms with Gasteiger partial charge in [0.25, 0.3) is 5.56 Å². The van der Waals surface area contributed by atoms with Crippen LogP contribution < -0.4 is 5.56 Å². The Hall–Kier alpha value is -0.770. The molecule has 80 valence electrons. The lowest BCUT2D eigenvalue weighted by Gasteiger charge is -2.21. The molecule has 15 heavy (non-hydrogen) atoms. The van der Waals surface area contributed by atoms with E-state index < -0.39 is 0 Å². The Labute approximate surface area is 92.9 Å². The maximum absolute atomic E-state index is 12.2. The zero-order valence-corrected chi connectivity index (χ0v) is 9.48. The Morgan fingerprint density at radius 2 is 2.07 bits per heavy atom. The Bertz CT molecular complexity index is 415. The lowest BCUT2D eigenvalue weighted by molar-refractivity contribution is 0.529. The molecule has 0 radical (unpaired) electrons. The summed E-state index contributed by atoms with van der Waals surface area (Å²) in [6, 6.07) is 0. The van der Waals surface area contributed by atoms with Crippen LogP contribution in [0.3, 0.4) is 0 Å². The number of aromatic nitrogens is 2. The SMILES string of the molecule is O=c1c2c(nc3n1CCCS3)CCCC2. The van der Waals surface area contributed by atoms with E-state index in [9.17, 15) is 4.79 Å². The molecule has 0 spiro atoms. The summed E-state index contributed by atoms with van der Waals surface area (Å²) in [5.41, 5.74) is 2.31. The maximum atomic E-state index is 12.2. The minimum Gasteiger partial charge on any atom is -0.287 e. The third kappa shape index (κ3) is 1.51. The number of hydrogen-bond acceptors (Lipinski definition) is 3. The van der Waals surface area contributed by atoms with Crippen molar-refractivity contribution in [2.45, 2.75) is 43.8 Å². The highest BCUT2D eigenvalue weighted by molar-refractivity contribution is 7.99. The topological polar surface area (TPSA) is 34.9 Å². The molecule has 3 nitrogen and oxygen atoms in total. The summed E-state index contributed by atoms with van der Waals surface area (Å²) >= 11 is 1.73. The highest BCUT2D eigenvalue weighted by Gasteiger charge is 2.20. The van der Waals surface area contributed by atoms with E-state index in [1.54, 1.807) is 11.8 Å². The first-order chi connectivity index (χ1) is 7.36. The Kier molecular flexibility index (Phi) is 2.31. The van der Waals surface area contributed by atoms with Gasteiger partial charge in [-0.1, -0.05) is 11.8 Å². The molecule has 1 aliphatic heterocycles. The molecule has 0 aromatic carbocycles. The van der Waals surface area contributed by atoms with E-state index in [0.717, 1.165) is 54.4 Å². The molecule has 0 atom stereocenters. The van der Waals surface area contributed by atoms with E-state index in [-0.39, 0.29) is 5.56 Å². The van der Waals surface area contributed by atoms with Gasteiger partial charge in [-0.15, -0.1) is 0 Å². The van der Waals surface area contributed by atoms with Gasteiger partial charge in [0.2, 0.25) is 0 Å². The molecule has 4 heteroatoms. The molecule has 2 heterocycles. The molecule has 2 aliphatic rings. The molecule has 0 amide bonds. The minimum atomic E-state index is 0.238. The lowest BCUT2D eigenvalue weighted by atomic mass is 9.97. The number of fused-ring (bicyclic) bond motifs is 2. The number of hydrogen-bond donors (Lipinski definition) is 0. The minimum absolute atomic E-state index is 0.238. The van der Waals surface area contributed by atoms with Gasteiger partial charge in [-0.05, 0) is 32.1 Å². The van der Waals surface area contributed by atoms with Crippen molar-refractivity contribution in [3.8, 4) is 0 Å². The summed E-state index contributed by atoms with van der Waals surface area (Å²) in [5.74, 6) is 1.10. The van der Waals surface area contributed by atoms with Crippen LogP contribution in [0.5, 0.6) is 0 Å². The Morgan fingerprint density at radius 3 is 3.00 bits per heavy atom. The molecule has 0 fully saturated rings. The quantitative estimate of drug-likeness (QED) is 0.626. The number of rotatable bonds is 0. The van der Waals surface area contributed by atoms with Crippen molar-refractivity contribution in [2.75, 3.05) is 5.75 Å². The summed E-state index contributed by atoms with van der Waals surface area (Å²) in [5, 5.41) is 0.951. The van der Waals surface area contributed by atoms with E-state index in [0.29, 0.717) is 0 Å². The first-order valence-electron chi connectivity index (χ1n) is 5.61. The van der Waals surface area contributed by atoms with Crippen molar-refractivity contribution in [2.24, 2.45) is 0 Å². The smallest absolute Gasteiger partial charge is 0.257 e. The fourth-order valence-corrected chi connectivity index (χ4v) is 3.32. The Morgan fingerprint density at radius 1 is 1.20 bits per heavy atom. The van der Waals surface area contributed by atoms with Crippen LogP contribution in [0.1, 0.15) is 30.5 Å². The van der Waals surface area contributed by atoms with Gasteiger partial charge in [-0.3, -0.25) is 9.36 Å². The molecule has 3 rings (SSSR count). The predicted octanol–water partition coefficient (Wildman–Crippen LogP) is 1.62. The van der Waals surface area contributed by atoms with Crippen LogP contribution >= 0.6 is 11.8 Å². The molecule has 1 aromatic heterocycles. The van der Waals surface area contributed by atoms with E-state index in [4.69, 9.17) is 0 Å². The highest BCUT2D eigenvalue weighted by atomic mass is 32.2. The zero-order chi connectivity index (χ0) is 10.3. The van der Waals surface area contributed by atoms with Crippen molar-refractivity contribution >= 4 is 11.8 Å². The highest BCUT2D eigenvalue weighted by Crippen LogP contribution is 2.24. The summed E-state index contributed by atoms with van der Waals surface area (Å²) in [6.45, 7) is 0.863. The first-order valence-corrected chi connectivity index (χ1v) is 6.60. The average molecular weight is 222 g/mol. The van der Waals surface area contributed by atoms with E-state index >= 15 is 0 Å². The van der Waals surface area contributed by atoms with Gasteiger partial charge >= 0.3 is 0 Å². The van der Waals surface area contributed by atoms with E-state index in [1.165, 1.54) is 6.42 Å². The first kappa shape index (κ1) is 9.46. The van der Waals surface area contributed by atoms with E-state index in [1.807, 2.05) is 4.57 Å². The van der Waals surface area contributed by atoms with Gasteiger partial charge in [0.1, 0.15) is 0 Å². The van der Waals surface area contributed by atoms with Crippen molar-refractivity contribution in [1.82, 2.24) is 9.55 Å². The van der Waals surface area contributed by atoms with Gasteiger partial charge < -0.3 is 0 Å². The largest absolute Gasteiger partial charge is 0.287 e. The summed E-state index contributed by atoms with van der Waals surface area (Å²) in [6.07, 6.45) is 5.37. The van der Waals surface area contributed by atoms with Gasteiger partial charge in [0.05, 0.1) is 5.69 Å². The zero-order valence-electron chi connectivity index (χ0n) is 8.66. The van der Waals surface area contributed by atoms with Crippen LogP contribution in [0.15, 0.2) is 9.95 Å². The molecule has 0 saturated carbocycles. The monoisotopic (exact) mass is 222 g/mol. The van der Waals surface area contributed by atoms with E-state index in [2.05, 4.69) is 4.98 Å². The van der Waals surface area contributed by atoms with Gasteiger partial charge in [0, 0.05) is 17.9 Å².